The maximum absolute atomic E-state index is 12.8. The monoisotopic (exact) mass is 367 g/mol. The highest BCUT2D eigenvalue weighted by molar-refractivity contribution is 7.89. The molecule has 2 atom stereocenters. The minimum Gasteiger partial charge on any atom is -0.348 e. The van der Waals surface area contributed by atoms with Gasteiger partial charge in [-0.05, 0) is 43.5 Å². The van der Waals surface area contributed by atoms with Crippen LogP contribution in [0.1, 0.15) is 43.1 Å². The van der Waals surface area contributed by atoms with Gasteiger partial charge in [-0.3, -0.25) is 4.79 Å². The largest absolute Gasteiger partial charge is 0.348 e. The summed E-state index contributed by atoms with van der Waals surface area (Å²) in [6, 6.07) is 4.95. The number of benzene rings is 1. The third kappa shape index (κ3) is 4.40. The van der Waals surface area contributed by atoms with E-state index in [-0.39, 0.29) is 16.8 Å². The quantitative estimate of drug-likeness (QED) is 0.803. The Balaban J connectivity index is 2.27. The van der Waals surface area contributed by atoms with Crippen molar-refractivity contribution in [1.82, 2.24) is 14.9 Å². The summed E-state index contributed by atoms with van der Waals surface area (Å²) < 4.78 is 27.0. The number of aryl methyl sites for hydroxylation is 1. The van der Waals surface area contributed by atoms with Crippen molar-refractivity contribution >= 4 is 15.9 Å². The fourth-order valence-corrected chi connectivity index (χ4v) is 4.87. The van der Waals surface area contributed by atoms with Crippen molar-refractivity contribution in [2.75, 3.05) is 26.2 Å². The van der Waals surface area contributed by atoms with E-state index in [1.165, 1.54) is 10.4 Å². The number of amides is 1. The van der Waals surface area contributed by atoms with Crippen LogP contribution in [-0.4, -0.2) is 50.9 Å². The molecule has 0 aromatic heterocycles. The van der Waals surface area contributed by atoms with Crippen molar-refractivity contribution in [3.8, 4) is 0 Å². The first-order valence-electron chi connectivity index (χ1n) is 8.93. The summed E-state index contributed by atoms with van der Waals surface area (Å²) in [5.41, 5.74) is 1.03. The van der Waals surface area contributed by atoms with Crippen LogP contribution >= 0.6 is 0 Å². The molecule has 2 unspecified atom stereocenters. The van der Waals surface area contributed by atoms with Gasteiger partial charge in [0.1, 0.15) is 0 Å². The molecule has 7 heteroatoms. The van der Waals surface area contributed by atoms with Gasteiger partial charge < -0.3 is 10.6 Å². The van der Waals surface area contributed by atoms with Gasteiger partial charge >= 0.3 is 0 Å². The first-order valence-corrected chi connectivity index (χ1v) is 10.4. The summed E-state index contributed by atoms with van der Waals surface area (Å²) in [6.45, 7) is 10.0. The second-order valence-corrected chi connectivity index (χ2v) is 8.53. The molecule has 0 bridgehead atoms. The molecule has 1 aromatic rings. The van der Waals surface area contributed by atoms with Crippen LogP contribution in [-0.2, 0) is 10.0 Å². The lowest BCUT2D eigenvalue weighted by Crippen LogP contribution is -2.50. The Hall–Kier alpha value is -1.44. The summed E-state index contributed by atoms with van der Waals surface area (Å²) >= 11 is 0. The summed E-state index contributed by atoms with van der Waals surface area (Å²) in [7, 11) is -3.59. The average molecular weight is 368 g/mol. The van der Waals surface area contributed by atoms with Crippen LogP contribution in [0.15, 0.2) is 23.1 Å². The highest BCUT2D eigenvalue weighted by Crippen LogP contribution is 2.22. The van der Waals surface area contributed by atoms with Crippen LogP contribution < -0.4 is 10.6 Å². The van der Waals surface area contributed by atoms with E-state index in [1.54, 1.807) is 19.1 Å². The van der Waals surface area contributed by atoms with E-state index >= 15 is 0 Å². The summed E-state index contributed by atoms with van der Waals surface area (Å²) in [5.74, 6) is 0.172. The normalized spacial score (nSPS) is 21.3. The molecule has 1 heterocycles. The second-order valence-electron chi connectivity index (χ2n) is 6.62. The van der Waals surface area contributed by atoms with E-state index in [4.69, 9.17) is 0 Å². The number of sulfonamides is 1. The van der Waals surface area contributed by atoms with Crippen LogP contribution in [0, 0.1) is 12.8 Å². The fourth-order valence-electron chi connectivity index (χ4n) is 3.16. The van der Waals surface area contributed by atoms with E-state index in [0.717, 1.165) is 19.5 Å². The Kier molecular flexibility index (Phi) is 6.59. The van der Waals surface area contributed by atoms with Gasteiger partial charge in [-0.1, -0.05) is 26.8 Å². The van der Waals surface area contributed by atoms with E-state index in [2.05, 4.69) is 17.6 Å². The topological polar surface area (TPSA) is 78.5 Å². The number of carbonyl (C=O) groups excluding carboxylic acids is 1. The van der Waals surface area contributed by atoms with Gasteiger partial charge in [-0.2, -0.15) is 4.31 Å². The lowest BCUT2D eigenvalue weighted by atomic mass is 9.94. The van der Waals surface area contributed by atoms with E-state index < -0.39 is 10.0 Å². The SMILES string of the molecule is CCN(CC)S(=O)(=O)c1cc(C(=O)NC2CNCCC2C)ccc1C. The third-order valence-corrected chi connectivity index (χ3v) is 7.11. The van der Waals surface area contributed by atoms with Crippen molar-refractivity contribution in [1.29, 1.82) is 0 Å². The van der Waals surface area contributed by atoms with Crippen molar-refractivity contribution < 1.29 is 13.2 Å². The predicted molar refractivity (Wildman–Crippen MR) is 99.2 cm³/mol. The molecular formula is C18H29N3O3S. The molecule has 2 N–H and O–H groups in total. The molecule has 0 aliphatic carbocycles. The molecule has 1 aliphatic rings. The van der Waals surface area contributed by atoms with Gasteiger partial charge in [0.25, 0.3) is 5.91 Å². The molecule has 0 radical (unpaired) electrons. The average Bonchev–Trinajstić information content (AvgIpc) is 2.58. The zero-order chi connectivity index (χ0) is 18.6. The fraction of sp³-hybridized carbons (Fsp3) is 0.611. The minimum absolute atomic E-state index is 0.0605. The predicted octanol–water partition coefficient (Wildman–Crippen LogP) is 1.75. The van der Waals surface area contributed by atoms with Crippen molar-refractivity contribution in [2.24, 2.45) is 5.92 Å². The van der Waals surface area contributed by atoms with Gasteiger partial charge in [-0.25, -0.2) is 8.42 Å². The Morgan fingerprint density at radius 1 is 1.32 bits per heavy atom. The maximum atomic E-state index is 12.8. The Morgan fingerprint density at radius 3 is 2.60 bits per heavy atom. The van der Waals surface area contributed by atoms with E-state index in [1.807, 2.05) is 13.8 Å². The molecule has 2 rings (SSSR count). The number of nitrogens with zero attached hydrogens (tertiary/aromatic N) is 1. The van der Waals surface area contributed by atoms with Crippen LogP contribution in [0.25, 0.3) is 0 Å². The zero-order valence-electron chi connectivity index (χ0n) is 15.5. The smallest absolute Gasteiger partial charge is 0.251 e. The number of hydrogen-bond donors (Lipinski definition) is 2. The number of carbonyl (C=O) groups is 1. The van der Waals surface area contributed by atoms with Crippen LogP contribution in [0.2, 0.25) is 0 Å². The molecule has 25 heavy (non-hydrogen) atoms. The van der Waals surface area contributed by atoms with E-state index in [0.29, 0.717) is 30.1 Å². The van der Waals surface area contributed by atoms with E-state index in [9.17, 15) is 13.2 Å². The highest BCUT2D eigenvalue weighted by Gasteiger charge is 2.26. The Bertz CT molecular complexity index is 714. The van der Waals surface area contributed by atoms with Gasteiger partial charge in [0, 0.05) is 31.2 Å². The Morgan fingerprint density at radius 2 is 2.00 bits per heavy atom. The summed E-state index contributed by atoms with van der Waals surface area (Å²) in [5, 5.41) is 6.31. The zero-order valence-corrected chi connectivity index (χ0v) is 16.3. The number of hydrogen-bond acceptors (Lipinski definition) is 4. The second kappa shape index (κ2) is 8.29. The maximum Gasteiger partial charge on any atom is 0.251 e. The molecule has 1 aliphatic heterocycles. The molecule has 1 fully saturated rings. The number of piperidine rings is 1. The first kappa shape index (κ1) is 19.9. The molecule has 1 amide bonds. The minimum atomic E-state index is -3.59. The molecule has 0 saturated carbocycles. The number of rotatable bonds is 6. The molecule has 0 spiro atoms. The lowest BCUT2D eigenvalue weighted by molar-refractivity contribution is 0.0915. The van der Waals surface area contributed by atoms with Gasteiger partial charge in [0.2, 0.25) is 10.0 Å². The summed E-state index contributed by atoms with van der Waals surface area (Å²) in [4.78, 5) is 12.8. The molecule has 6 nitrogen and oxygen atoms in total. The first-order chi connectivity index (χ1) is 11.8. The molecular weight excluding hydrogens is 338 g/mol. The molecule has 1 saturated heterocycles. The number of nitrogens with one attached hydrogen (secondary N) is 2. The Labute approximate surface area is 151 Å². The highest BCUT2D eigenvalue weighted by atomic mass is 32.2. The van der Waals surface area contributed by atoms with Crippen molar-refractivity contribution in [2.45, 2.75) is 45.1 Å². The lowest BCUT2D eigenvalue weighted by Gasteiger charge is -2.30. The molecule has 1 aromatic carbocycles. The van der Waals surface area contributed by atoms with Crippen LogP contribution in [0.4, 0.5) is 0 Å². The standard InChI is InChI=1S/C18H29N3O3S/c1-5-21(6-2)25(23,24)17-11-15(8-7-14(17)4)18(22)20-16-12-19-10-9-13(16)3/h7-8,11,13,16,19H,5-6,9-10,12H2,1-4H3,(H,20,22). The summed E-state index contributed by atoms with van der Waals surface area (Å²) in [6.07, 6.45) is 1.01. The third-order valence-electron chi connectivity index (χ3n) is 4.92. The van der Waals surface area contributed by atoms with Gasteiger partial charge in [0.05, 0.1) is 4.90 Å². The van der Waals surface area contributed by atoms with Crippen molar-refractivity contribution in [3.05, 3.63) is 29.3 Å². The van der Waals surface area contributed by atoms with Crippen LogP contribution in [0.3, 0.4) is 0 Å². The van der Waals surface area contributed by atoms with Gasteiger partial charge in [0.15, 0.2) is 0 Å². The van der Waals surface area contributed by atoms with Crippen LogP contribution in [0.5, 0.6) is 0 Å². The molecule has 140 valence electrons. The van der Waals surface area contributed by atoms with Crippen molar-refractivity contribution in [3.63, 3.8) is 0 Å². The van der Waals surface area contributed by atoms with Gasteiger partial charge in [-0.15, -0.1) is 0 Å².